The molecule has 0 bridgehead atoms. The van der Waals surface area contributed by atoms with Crippen molar-refractivity contribution in [2.45, 2.75) is 65.1 Å². The van der Waals surface area contributed by atoms with Gasteiger partial charge in [-0.1, -0.05) is 147 Å². The first kappa shape index (κ1) is 40.3. The fourth-order valence-electron chi connectivity index (χ4n) is 9.41. The Morgan fingerprint density at radius 2 is 1.45 bits per heavy atom. The Labute approximate surface area is 367 Å². The maximum atomic E-state index is 6.71. The molecule has 3 heterocycles. The number of fused-ring (bicyclic) bond motifs is 5. The van der Waals surface area contributed by atoms with Crippen LogP contribution in [0.15, 0.2) is 210 Å². The second-order valence-corrected chi connectivity index (χ2v) is 15.9. The van der Waals surface area contributed by atoms with E-state index in [0.717, 1.165) is 53.8 Å². The van der Waals surface area contributed by atoms with E-state index in [4.69, 9.17) is 10.7 Å². The third-order valence-electron chi connectivity index (χ3n) is 12.2. The van der Waals surface area contributed by atoms with Crippen LogP contribution in [0.1, 0.15) is 80.3 Å². The summed E-state index contributed by atoms with van der Waals surface area (Å²) in [5.41, 5.74) is 22.9. The Balaban J connectivity index is 0.00000242. The van der Waals surface area contributed by atoms with Crippen molar-refractivity contribution >= 4 is 39.8 Å². The van der Waals surface area contributed by atoms with Crippen LogP contribution in [0.5, 0.6) is 0 Å². The van der Waals surface area contributed by atoms with E-state index < -0.39 is 0 Å². The van der Waals surface area contributed by atoms with Gasteiger partial charge in [0.1, 0.15) is 0 Å². The average molecular weight is 810 g/mol. The third kappa shape index (κ3) is 7.71. The van der Waals surface area contributed by atoms with Crippen molar-refractivity contribution in [3.8, 4) is 5.69 Å². The number of hydrogen-bond donors (Lipinski definition) is 1. The van der Waals surface area contributed by atoms with E-state index in [2.05, 4.69) is 173 Å². The lowest BCUT2D eigenvalue weighted by atomic mass is 9.94. The van der Waals surface area contributed by atoms with E-state index in [1.54, 1.807) is 0 Å². The van der Waals surface area contributed by atoms with Gasteiger partial charge in [-0.05, 0) is 109 Å². The van der Waals surface area contributed by atoms with E-state index in [1.807, 2.05) is 56.3 Å². The van der Waals surface area contributed by atoms with Gasteiger partial charge in [0.2, 0.25) is 0 Å². The fraction of sp³-hybridized carbons (Fsp3) is 0.175. The molecule has 5 heteroatoms. The van der Waals surface area contributed by atoms with Gasteiger partial charge < -0.3 is 20.1 Å². The zero-order valence-electron chi connectivity index (χ0n) is 36.0. The van der Waals surface area contributed by atoms with Crippen LogP contribution < -0.4 is 15.5 Å². The van der Waals surface area contributed by atoms with Gasteiger partial charge in [-0.25, -0.2) is 0 Å². The van der Waals surface area contributed by atoms with Crippen molar-refractivity contribution in [1.82, 2.24) is 4.57 Å². The molecule has 0 fully saturated rings. The van der Waals surface area contributed by atoms with Gasteiger partial charge in [0.25, 0.3) is 0 Å². The van der Waals surface area contributed by atoms with Crippen LogP contribution >= 0.6 is 0 Å². The molecule has 0 amide bonds. The lowest BCUT2D eigenvalue weighted by Crippen LogP contribution is -2.35. The quantitative estimate of drug-likeness (QED) is 0.111. The van der Waals surface area contributed by atoms with E-state index in [9.17, 15) is 0 Å². The van der Waals surface area contributed by atoms with Gasteiger partial charge in [-0.3, -0.25) is 4.99 Å². The standard InChI is InChI=1S/C55H49N5.C2H6/c1-2-3-8-23-42-38-58(43-32-30-41(31-33-43)50(57-37-39-19-9-4-10-20-39)36-49(56)40-21-11-5-12-22-40)52-35-48-53(34-47(42)52)60(45-26-15-7-16-27-45)54-46-28-17-18-29-51(46)59(55(48)54)44-24-13-6-14-25-44;1-2/h2-6,8-15,18-27,29-36,38,54-55H,7,16-17,28,37,56H2,1H3;1-2H3/b3-2-,23-8-,49-36-,57-50?;. The smallest absolute Gasteiger partial charge is 0.0859 e. The number of para-hydroxylation sites is 1. The summed E-state index contributed by atoms with van der Waals surface area (Å²) in [6.07, 6.45) is 29.0. The highest BCUT2D eigenvalue weighted by molar-refractivity contribution is 6.12. The highest BCUT2D eigenvalue weighted by atomic mass is 15.3. The number of rotatable bonds is 10. The monoisotopic (exact) mass is 809 g/mol. The summed E-state index contributed by atoms with van der Waals surface area (Å²) in [6.45, 7) is 6.62. The number of allylic oxidation sites excluding steroid dienone is 9. The molecule has 0 saturated heterocycles. The second kappa shape index (κ2) is 18.2. The minimum atomic E-state index is 0.133. The molecule has 0 spiro atoms. The first-order valence-electron chi connectivity index (χ1n) is 22.3. The first-order chi connectivity index (χ1) is 30.7. The highest BCUT2D eigenvalue weighted by Crippen LogP contribution is 2.57. The molecule has 4 aliphatic rings. The Hall–Kier alpha value is -7.11. The van der Waals surface area contributed by atoms with E-state index in [0.29, 0.717) is 12.2 Å². The van der Waals surface area contributed by atoms with Crippen molar-refractivity contribution in [3.63, 3.8) is 0 Å². The number of nitrogens with two attached hydrogens (primary N) is 1. The summed E-state index contributed by atoms with van der Waals surface area (Å²) < 4.78 is 2.37. The summed E-state index contributed by atoms with van der Waals surface area (Å²) in [5, 5.41) is 1.23. The number of hydrogen-bond acceptors (Lipinski definition) is 4. The van der Waals surface area contributed by atoms with Gasteiger partial charge in [-0.15, -0.1) is 0 Å². The SMILES string of the molecule is C/C=C\C=C/c1cn(-c2ccc(C(/C=C(\N)c3ccccc3)=NCc3ccccc3)cc2)c2cc3c(cc12)N(C1=CCCC=C1)C1C2=C(C=CCC2)N(c2ccccc2)C31.CC. The number of aliphatic imine (C=N–C) groups is 1. The molecular weight excluding hydrogens is 755 g/mol. The normalized spacial score (nSPS) is 18.3. The van der Waals surface area contributed by atoms with Crippen LogP contribution in [0.3, 0.4) is 0 Å². The zero-order chi connectivity index (χ0) is 42.4. The summed E-state index contributed by atoms with van der Waals surface area (Å²) in [6, 6.07) is 45.6. The number of benzene rings is 5. The molecule has 5 aromatic carbocycles. The Morgan fingerprint density at radius 3 is 2.18 bits per heavy atom. The summed E-state index contributed by atoms with van der Waals surface area (Å²) in [7, 11) is 0. The molecule has 10 rings (SSSR count). The maximum Gasteiger partial charge on any atom is 0.0859 e. The molecule has 5 nitrogen and oxygen atoms in total. The van der Waals surface area contributed by atoms with Gasteiger partial charge >= 0.3 is 0 Å². The highest BCUT2D eigenvalue weighted by Gasteiger charge is 2.51. The van der Waals surface area contributed by atoms with E-state index >= 15 is 0 Å². The molecule has 2 aliphatic heterocycles. The lowest BCUT2D eigenvalue weighted by molar-refractivity contribution is 0.637. The summed E-state index contributed by atoms with van der Waals surface area (Å²) in [5.74, 6) is 0. The zero-order valence-corrected chi connectivity index (χ0v) is 36.0. The maximum absolute atomic E-state index is 6.71. The van der Waals surface area contributed by atoms with Crippen LogP contribution in [0.25, 0.3) is 28.4 Å². The van der Waals surface area contributed by atoms with Crippen molar-refractivity contribution < 1.29 is 0 Å². The van der Waals surface area contributed by atoms with Gasteiger partial charge in [-0.2, -0.15) is 0 Å². The molecule has 308 valence electrons. The molecule has 2 atom stereocenters. The fourth-order valence-corrected chi connectivity index (χ4v) is 9.41. The lowest BCUT2D eigenvalue weighted by Gasteiger charge is -2.32. The van der Waals surface area contributed by atoms with Crippen molar-refractivity contribution in [2.75, 3.05) is 9.80 Å². The second-order valence-electron chi connectivity index (χ2n) is 15.9. The minimum Gasteiger partial charge on any atom is -0.398 e. The Morgan fingerprint density at radius 1 is 0.726 bits per heavy atom. The van der Waals surface area contributed by atoms with Crippen LogP contribution in [0, 0.1) is 0 Å². The van der Waals surface area contributed by atoms with Crippen LogP contribution in [0.4, 0.5) is 11.4 Å². The molecule has 6 aromatic rings. The van der Waals surface area contributed by atoms with Crippen LogP contribution in [0.2, 0.25) is 0 Å². The summed E-state index contributed by atoms with van der Waals surface area (Å²) in [4.78, 5) is 10.4. The Bertz CT molecular complexity index is 2790. The summed E-state index contributed by atoms with van der Waals surface area (Å²) >= 11 is 0. The molecule has 2 aliphatic carbocycles. The number of aromatic nitrogens is 1. The molecule has 2 N–H and O–H groups in total. The van der Waals surface area contributed by atoms with Crippen LogP contribution in [-0.2, 0) is 6.54 Å². The largest absolute Gasteiger partial charge is 0.398 e. The molecule has 0 saturated carbocycles. The molecule has 1 aromatic heterocycles. The van der Waals surface area contributed by atoms with Gasteiger partial charge in [0.15, 0.2) is 0 Å². The molecular formula is C57H55N5. The number of nitrogens with zero attached hydrogens (tertiary/aromatic N) is 4. The third-order valence-corrected chi connectivity index (χ3v) is 12.2. The van der Waals surface area contributed by atoms with Crippen molar-refractivity contribution in [3.05, 3.63) is 233 Å². The molecule has 2 unspecified atom stereocenters. The van der Waals surface area contributed by atoms with Crippen LogP contribution in [-0.4, -0.2) is 16.3 Å². The minimum absolute atomic E-state index is 0.133. The molecule has 62 heavy (non-hydrogen) atoms. The number of anilines is 2. The van der Waals surface area contributed by atoms with Gasteiger partial charge in [0.05, 0.1) is 29.9 Å². The molecule has 0 radical (unpaired) electrons. The first-order valence-corrected chi connectivity index (χ1v) is 22.3. The van der Waals surface area contributed by atoms with Crippen molar-refractivity contribution in [2.24, 2.45) is 10.7 Å². The Kier molecular flexibility index (Phi) is 11.9. The van der Waals surface area contributed by atoms with Gasteiger partial charge in [0, 0.05) is 56.9 Å². The topological polar surface area (TPSA) is 49.8 Å². The predicted molar refractivity (Wildman–Crippen MR) is 264 cm³/mol. The van der Waals surface area contributed by atoms with E-state index in [-0.39, 0.29) is 12.1 Å². The predicted octanol–water partition coefficient (Wildman–Crippen LogP) is 13.8. The van der Waals surface area contributed by atoms with Crippen molar-refractivity contribution in [1.29, 1.82) is 0 Å². The van der Waals surface area contributed by atoms with E-state index in [1.165, 1.54) is 50.4 Å². The average Bonchev–Trinajstić information content (AvgIpc) is 3.98.